The van der Waals surface area contributed by atoms with Crippen LogP contribution in [0.1, 0.15) is 45.9 Å². The van der Waals surface area contributed by atoms with Crippen LogP contribution in [0.5, 0.6) is 5.75 Å². The highest BCUT2D eigenvalue weighted by molar-refractivity contribution is 5.15. The molecule has 1 unspecified atom stereocenters. The predicted molar refractivity (Wildman–Crippen MR) is 76.5 cm³/mol. The molecule has 106 valence electrons. The van der Waals surface area contributed by atoms with Crippen LogP contribution in [0.25, 0.3) is 0 Å². The molecule has 1 atom stereocenters. The van der Waals surface area contributed by atoms with Gasteiger partial charge in [-0.2, -0.15) is 0 Å². The van der Waals surface area contributed by atoms with Crippen LogP contribution < -0.4 is 4.74 Å². The van der Waals surface area contributed by atoms with Crippen molar-refractivity contribution in [3.8, 4) is 5.75 Å². The van der Waals surface area contributed by atoms with Gasteiger partial charge in [-0.15, -0.1) is 0 Å². The first kappa shape index (κ1) is 14.3. The third-order valence-corrected chi connectivity index (χ3v) is 3.66. The molecule has 0 aliphatic carbocycles. The number of likely N-dealkylation sites (tertiary alicyclic amines) is 1. The van der Waals surface area contributed by atoms with Crippen molar-refractivity contribution in [2.75, 3.05) is 20.2 Å². The first-order valence-electron chi connectivity index (χ1n) is 7.12. The number of rotatable bonds is 3. The van der Waals surface area contributed by atoms with E-state index in [4.69, 9.17) is 4.74 Å². The average molecular weight is 263 g/mol. The van der Waals surface area contributed by atoms with Gasteiger partial charge in [-0.3, -0.25) is 0 Å². The van der Waals surface area contributed by atoms with Gasteiger partial charge in [-0.1, -0.05) is 27.2 Å². The Kier molecular flexibility index (Phi) is 4.40. The van der Waals surface area contributed by atoms with Gasteiger partial charge in [-0.25, -0.2) is 9.97 Å². The third kappa shape index (κ3) is 3.90. The second-order valence-electron chi connectivity index (χ2n) is 6.43. The zero-order chi connectivity index (χ0) is 13.9. The minimum atomic E-state index is -0.0118. The molecule has 4 heteroatoms. The summed E-state index contributed by atoms with van der Waals surface area (Å²) in [5, 5.41) is 0. The van der Waals surface area contributed by atoms with Crippen molar-refractivity contribution in [3.63, 3.8) is 0 Å². The van der Waals surface area contributed by atoms with Crippen LogP contribution in [0.4, 0.5) is 0 Å². The van der Waals surface area contributed by atoms with Gasteiger partial charge in [0, 0.05) is 11.5 Å². The molecule has 1 aliphatic heterocycles. The molecule has 1 aromatic heterocycles. The summed E-state index contributed by atoms with van der Waals surface area (Å²) in [4.78, 5) is 11.1. The summed E-state index contributed by atoms with van der Waals surface area (Å²) in [5.74, 6) is 1.63. The highest BCUT2D eigenvalue weighted by Crippen LogP contribution is 2.20. The largest absolute Gasteiger partial charge is 0.489 e. The van der Waals surface area contributed by atoms with Gasteiger partial charge >= 0.3 is 0 Å². The van der Waals surface area contributed by atoms with Crippen LogP contribution in [0.2, 0.25) is 0 Å². The number of nitrogens with zero attached hydrogens (tertiary/aromatic N) is 3. The summed E-state index contributed by atoms with van der Waals surface area (Å²) in [6.07, 6.45) is 7.40. The SMILES string of the molecule is CN1CCCCC1COc1cnc(C(C)(C)C)nc1. The lowest BCUT2D eigenvalue weighted by Gasteiger charge is -2.32. The van der Waals surface area contributed by atoms with Crippen molar-refractivity contribution in [1.82, 2.24) is 14.9 Å². The lowest BCUT2D eigenvalue weighted by molar-refractivity contribution is 0.124. The van der Waals surface area contributed by atoms with Crippen LogP contribution >= 0.6 is 0 Å². The van der Waals surface area contributed by atoms with Crippen LogP contribution in [0.15, 0.2) is 12.4 Å². The molecule has 1 aromatic rings. The minimum absolute atomic E-state index is 0.0118. The van der Waals surface area contributed by atoms with Crippen LogP contribution in [-0.4, -0.2) is 41.1 Å². The minimum Gasteiger partial charge on any atom is -0.489 e. The smallest absolute Gasteiger partial charge is 0.155 e. The quantitative estimate of drug-likeness (QED) is 0.840. The van der Waals surface area contributed by atoms with E-state index in [-0.39, 0.29) is 5.41 Å². The van der Waals surface area contributed by atoms with E-state index in [0.717, 1.165) is 18.2 Å². The second-order valence-corrected chi connectivity index (χ2v) is 6.43. The molecule has 0 radical (unpaired) electrons. The zero-order valence-corrected chi connectivity index (χ0v) is 12.5. The summed E-state index contributed by atoms with van der Waals surface area (Å²) >= 11 is 0. The Morgan fingerprint density at radius 1 is 1.26 bits per heavy atom. The van der Waals surface area contributed by atoms with Crippen molar-refractivity contribution in [1.29, 1.82) is 0 Å². The molecule has 4 nitrogen and oxygen atoms in total. The van der Waals surface area contributed by atoms with E-state index < -0.39 is 0 Å². The van der Waals surface area contributed by atoms with E-state index in [2.05, 4.69) is 42.7 Å². The van der Waals surface area contributed by atoms with E-state index in [1.165, 1.54) is 25.8 Å². The van der Waals surface area contributed by atoms with Crippen LogP contribution in [0, 0.1) is 0 Å². The van der Waals surface area contributed by atoms with Gasteiger partial charge in [0.1, 0.15) is 12.4 Å². The standard InChI is InChI=1S/C15H25N3O/c1-15(2,3)14-16-9-13(10-17-14)19-11-12-7-5-6-8-18(12)4/h9-10,12H,5-8,11H2,1-4H3. The van der Waals surface area contributed by atoms with E-state index in [9.17, 15) is 0 Å². The molecule has 2 heterocycles. The Bertz CT molecular complexity index is 397. The van der Waals surface area contributed by atoms with E-state index >= 15 is 0 Å². The summed E-state index contributed by atoms with van der Waals surface area (Å²) < 4.78 is 5.82. The molecule has 1 fully saturated rings. The molecule has 0 N–H and O–H groups in total. The molecule has 0 spiro atoms. The normalized spacial score (nSPS) is 21.4. The maximum Gasteiger partial charge on any atom is 0.155 e. The highest BCUT2D eigenvalue weighted by Gasteiger charge is 2.20. The molecule has 19 heavy (non-hydrogen) atoms. The van der Waals surface area contributed by atoms with Gasteiger partial charge in [0.05, 0.1) is 12.4 Å². The molecule has 1 aliphatic rings. The van der Waals surface area contributed by atoms with Crippen molar-refractivity contribution in [2.45, 2.75) is 51.5 Å². The first-order chi connectivity index (χ1) is 8.97. The highest BCUT2D eigenvalue weighted by atomic mass is 16.5. The summed E-state index contributed by atoms with van der Waals surface area (Å²) in [6, 6.07) is 0.524. The summed E-state index contributed by atoms with van der Waals surface area (Å²) in [7, 11) is 2.17. The molecule has 0 bridgehead atoms. The summed E-state index contributed by atoms with van der Waals surface area (Å²) in [5.41, 5.74) is -0.0118. The average Bonchev–Trinajstić information content (AvgIpc) is 2.37. The van der Waals surface area contributed by atoms with Crippen LogP contribution in [-0.2, 0) is 5.41 Å². The molecule has 0 aromatic carbocycles. The lowest BCUT2D eigenvalue weighted by Crippen LogP contribution is -2.40. The number of hydrogen-bond acceptors (Lipinski definition) is 4. The van der Waals surface area contributed by atoms with E-state index in [1.54, 1.807) is 12.4 Å². The van der Waals surface area contributed by atoms with Crippen LogP contribution in [0.3, 0.4) is 0 Å². The Morgan fingerprint density at radius 3 is 2.53 bits per heavy atom. The Labute approximate surface area is 116 Å². The van der Waals surface area contributed by atoms with Crippen molar-refractivity contribution in [2.24, 2.45) is 0 Å². The topological polar surface area (TPSA) is 38.2 Å². The number of aromatic nitrogens is 2. The number of ether oxygens (including phenoxy) is 1. The maximum atomic E-state index is 5.82. The van der Waals surface area contributed by atoms with Gasteiger partial charge in [0.2, 0.25) is 0 Å². The third-order valence-electron chi connectivity index (χ3n) is 3.66. The molecular weight excluding hydrogens is 238 g/mol. The Hall–Kier alpha value is -1.16. The maximum absolute atomic E-state index is 5.82. The Morgan fingerprint density at radius 2 is 1.95 bits per heavy atom. The van der Waals surface area contributed by atoms with E-state index in [1.807, 2.05) is 0 Å². The number of hydrogen-bond donors (Lipinski definition) is 0. The van der Waals surface area contributed by atoms with E-state index in [0.29, 0.717) is 6.04 Å². The van der Waals surface area contributed by atoms with Gasteiger partial charge < -0.3 is 9.64 Å². The first-order valence-corrected chi connectivity index (χ1v) is 7.12. The fourth-order valence-electron chi connectivity index (χ4n) is 2.33. The van der Waals surface area contributed by atoms with Crippen molar-refractivity contribution >= 4 is 0 Å². The summed E-state index contributed by atoms with van der Waals surface area (Å²) in [6.45, 7) is 8.24. The van der Waals surface area contributed by atoms with Gasteiger partial charge in [-0.05, 0) is 26.4 Å². The second kappa shape index (κ2) is 5.87. The molecular formula is C15H25N3O. The molecule has 2 rings (SSSR count). The fourth-order valence-corrected chi connectivity index (χ4v) is 2.33. The molecule has 0 saturated carbocycles. The van der Waals surface area contributed by atoms with Gasteiger partial charge in [0.15, 0.2) is 5.75 Å². The molecule has 1 saturated heterocycles. The lowest BCUT2D eigenvalue weighted by atomic mass is 9.96. The predicted octanol–water partition coefficient (Wildman–Crippen LogP) is 2.64. The fraction of sp³-hybridized carbons (Fsp3) is 0.733. The Balaban J connectivity index is 1.89. The molecule has 0 amide bonds. The van der Waals surface area contributed by atoms with Gasteiger partial charge in [0.25, 0.3) is 0 Å². The monoisotopic (exact) mass is 263 g/mol. The van der Waals surface area contributed by atoms with Crippen molar-refractivity contribution < 1.29 is 4.74 Å². The zero-order valence-electron chi connectivity index (χ0n) is 12.5. The number of piperidine rings is 1. The van der Waals surface area contributed by atoms with Crippen molar-refractivity contribution in [3.05, 3.63) is 18.2 Å². The number of likely N-dealkylation sites (N-methyl/N-ethyl adjacent to an activating group) is 1.